The van der Waals surface area contributed by atoms with Crippen LogP contribution in [0.1, 0.15) is 62.1 Å². The van der Waals surface area contributed by atoms with Crippen molar-refractivity contribution in [3.8, 4) is 11.5 Å². The number of carbonyl (C=O) groups is 1. The molecule has 7 nitrogen and oxygen atoms in total. The van der Waals surface area contributed by atoms with Crippen molar-refractivity contribution in [2.75, 3.05) is 19.6 Å². The zero-order valence-electron chi connectivity index (χ0n) is 21.4. The number of nitrogens with zero attached hydrogens (tertiary/aromatic N) is 1. The van der Waals surface area contributed by atoms with Crippen molar-refractivity contribution >= 4 is 44.4 Å². The van der Waals surface area contributed by atoms with E-state index in [1.54, 1.807) is 6.07 Å². The first-order valence-electron chi connectivity index (χ1n) is 13.1. The van der Waals surface area contributed by atoms with Crippen molar-refractivity contribution in [1.29, 1.82) is 0 Å². The third kappa shape index (κ3) is 7.82. The first-order valence-corrected chi connectivity index (χ1v) is 13.9. The maximum atomic E-state index is 12.3. The molecule has 0 bridgehead atoms. The van der Waals surface area contributed by atoms with Crippen molar-refractivity contribution in [1.82, 2.24) is 15.2 Å². The molecule has 0 unspecified atom stereocenters. The van der Waals surface area contributed by atoms with Gasteiger partial charge in [-0.15, -0.1) is 17.0 Å². The lowest BCUT2D eigenvalue weighted by molar-refractivity contribution is -0.121. The molecule has 1 aromatic heterocycles. The fraction of sp³-hybridized carbons (Fsp3) is 0.500. The number of hydrogen-bond acceptors (Lipinski definition) is 6. The van der Waals surface area contributed by atoms with Crippen LogP contribution in [-0.2, 0) is 24.1 Å². The molecule has 0 saturated carbocycles. The van der Waals surface area contributed by atoms with Gasteiger partial charge < -0.3 is 25.4 Å². The summed E-state index contributed by atoms with van der Waals surface area (Å²) in [4.78, 5) is 29.0. The van der Waals surface area contributed by atoms with Gasteiger partial charge in [0.1, 0.15) is 0 Å². The molecule has 0 fully saturated rings. The highest BCUT2D eigenvalue weighted by atomic mass is 79.9. The van der Waals surface area contributed by atoms with E-state index >= 15 is 0 Å². The number of fused-ring (bicyclic) bond motifs is 2. The SMILES string of the molecule is Br.CCCN(CCCCCC(=O)NCCc1ccc2[nH]c(=O)sc2c1)[C@H]1CCc2c(ccc(O)c2O)C1. The number of nitrogens with one attached hydrogen (secondary N) is 2. The molecule has 1 heterocycles. The van der Waals surface area contributed by atoms with Gasteiger partial charge in [-0.05, 0) is 87.4 Å². The van der Waals surface area contributed by atoms with Gasteiger partial charge in [-0.2, -0.15) is 0 Å². The highest BCUT2D eigenvalue weighted by molar-refractivity contribution is 8.93. The van der Waals surface area contributed by atoms with Crippen LogP contribution in [0.4, 0.5) is 0 Å². The Hall–Kier alpha value is -2.36. The molecule has 4 rings (SSSR count). The van der Waals surface area contributed by atoms with Gasteiger partial charge in [0, 0.05) is 24.6 Å². The summed E-state index contributed by atoms with van der Waals surface area (Å²) < 4.78 is 0.954. The van der Waals surface area contributed by atoms with Crippen molar-refractivity contribution in [2.45, 2.75) is 70.8 Å². The number of rotatable bonds is 12. The number of hydrogen-bond donors (Lipinski definition) is 4. The molecular formula is C28H38BrN3O4S. The fourth-order valence-electron chi connectivity index (χ4n) is 5.24. The van der Waals surface area contributed by atoms with E-state index in [1.807, 2.05) is 24.3 Å². The summed E-state index contributed by atoms with van der Waals surface area (Å²) >= 11 is 1.21. The molecule has 2 aromatic carbocycles. The van der Waals surface area contributed by atoms with Crippen molar-refractivity contribution in [2.24, 2.45) is 0 Å². The Kier molecular flexibility index (Phi) is 11.0. The van der Waals surface area contributed by atoms with Gasteiger partial charge in [0.15, 0.2) is 11.5 Å². The largest absolute Gasteiger partial charge is 0.504 e. The Bertz CT molecular complexity index is 1240. The summed E-state index contributed by atoms with van der Waals surface area (Å²) in [6, 6.07) is 9.93. The Morgan fingerprint density at radius 3 is 2.81 bits per heavy atom. The molecule has 37 heavy (non-hydrogen) atoms. The number of benzene rings is 2. The van der Waals surface area contributed by atoms with Crippen LogP contribution in [0.25, 0.3) is 10.2 Å². The third-order valence-corrected chi connectivity index (χ3v) is 7.98. The van der Waals surface area contributed by atoms with Crippen LogP contribution < -0.4 is 10.2 Å². The van der Waals surface area contributed by atoms with Gasteiger partial charge in [-0.25, -0.2) is 0 Å². The number of aromatic hydroxyl groups is 2. The number of H-pyrrole nitrogens is 1. The normalized spacial score (nSPS) is 14.9. The molecule has 0 radical (unpaired) electrons. The molecule has 9 heteroatoms. The van der Waals surface area contributed by atoms with Crippen LogP contribution in [0, 0.1) is 0 Å². The molecule has 0 spiro atoms. The zero-order valence-corrected chi connectivity index (χ0v) is 24.0. The molecule has 1 amide bonds. The van der Waals surface area contributed by atoms with Gasteiger partial charge in [-0.3, -0.25) is 9.59 Å². The van der Waals surface area contributed by atoms with E-state index < -0.39 is 0 Å². The molecule has 0 aliphatic heterocycles. The highest BCUT2D eigenvalue weighted by Gasteiger charge is 2.26. The van der Waals surface area contributed by atoms with Crippen LogP contribution in [0.5, 0.6) is 11.5 Å². The van der Waals surface area contributed by atoms with Crippen molar-refractivity contribution < 1.29 is 15.0 Å². The molecule has 1 atom stereocenters. The van der Waals surface area contributed by atoms with E-state index in [0.717, 1.165) is 91.4 Å². The van der Waals surface area contributed by atoms with E-state index in [1.165, 1.54) is 11.3 Å². The summed E-state index contributed by atoms with van der Waals surface area (Å²) in [7, 11) is 0. The lowest BCUT2D eigenvalue weighted by atomic mass is 9.86. The van der Waals surface area contributed by atoms with Crippen LogP contribution in [-0.4, -0.2) is 51.7 Å². The van der Waals surface area contributed by atoms with Gasteiger partial charge in [0.05, 0.1) is 10.2 Å². The average molecular weight is 593 g/mol. The number of thiazole rings is 1. The Morgan fingerprint density at radius 2 is 2.00 bits per heavy atom. The Labute approximate surface area is 232 Å². The fourth-order valence-corrected chi connectivity index (χ4v) is 6.04. The smallest absolute Gasteiger partial charge is 0.305 e. The maximum Gasteiger partial charge on any atom is 0.305 e. The second kappa shape index (κ2) is 14.0. The summed E-state index contributed by atoms with van der Waals surface area (Å²) in [5, 5.41) is 23.0. The number of phenolic OH excluding ortho intramolecular Hbond substituents is 2. The van der Waals surface area contributed by atoms with Crippen molar-refractivity contribution in [3.63, 3.8) is 0 Å². The number of aromatic amines is 1. The van der Waals surface area contributed by atoms with E-state index in [2.05, 4.69) is 22.1 Å². The topological polar surface area (TPSA) is 106 Å². The monoisotopic (exact) mass is 591 g/mol. The number of aromatic nitrogens is 1. The lowest BCUT2D eigenvalue weighted by Crippen LogP contribution is -2.40. The Balaban J connectivity index is 0.00000380. The predicted octanol–water partition coefficient (Wildman–Crippen LogP) is 5.07. The van der Waals surface area contributed by atoms with E-state index in [0.29, 0.717) is 19.0 Å². The molecule has 202 valence electrons. The molecule has 4 N–H and O–H groups in total. The maximum absolute atomic E-state index is 12.3. The van der Waals surface area contributed by atoms with Crippen LogP contribution in [0.2, 0.25) is 0 Å². The number of amides is 1. The highest BCUT2D eigenvalue weighted by Crippen LogP contribution is 2.36. The standard InChI is InChI=1S/C28H37N3O4S.BrH/c1-2-15-31(21-9-10-22-20(18-21)8-12-24(32)27(22)34)16-5-3-4-6-26(33)29-14-13-19-7-11-23-25(17-19)36-28(35)30-23;/h7-8,11-12,17,21,32,34H,2-6,9-10,13-16,18H2,1H3,(H,29,33)(H,30,35);1H/t21-;/m0./s1. The Morgan fingerprint density at radius 1 is 1.16 bits per heavy atom. The second-order valence-electron chi connectivity index (χ2n) is 9.76. The number of halogens is 1. The van der Waals surface area contributed by atoms with E-state index in [-0.39, 0.29) is 39.3 Å². The van der Waals surface area contributed by atoms with Crippen LogP contribution >= 0.6 is 28.3 Å². The minimum atomic E-state index is -0.0428. The quantitative estimate of drug-likeness (QED) is 0.174. The third-order valence-electron chi connectivity index (χ3n) is 7.14. The molecule has 0 saturated heterocycles. The number of unbranched alkanes of at least 4 members (excludes halogenated alkanes) is 2. The molecule has 1 aliphatic rings. The average Bonchev–Trinajstić information content (AvgIpc) is 3.24. The van der Waals surface area contributed by atoms with Crippen LogP contribution in [0.15, 0.2) is 35.1 Å². The number of carbonyl (C=O) groups excluding carboxylic acids is 1. The van der Waals surface area contributed by atoms with Crippen LogP contribution in [0.3, 0.4) is 0 Å². The summed E-state index contributed by atoms with van der Waals surface area (Å²) in [6.45, 7) is 4.88. The predicted molar refractivity (Wildman–Crippen MR) is 155 cm³/mol. The van der Waals surface area contributed by atoms with Gasteiger partial charge >= 0.3 is 4.87 Å². The van der Waals surface area contributed by atoms with Crippen molar-refractivity contribution in [3.05, 3.63) is 56.7 Å². The van der Waals surface area contributed by atoms with Gasteiger partial charge in [0.25, 0.3) is 0 Å². The van der Waals surface area contributed by atoms with Gasteiger partial charge in [-0.1, -0.05) is 36.8 Å². The van der Waals surface area contributed by atoms with E-state index in [4.69, 9.17) is 0 Å². The minimum Gasteiger partial charge on any atom is -0.504 e. The molecule has 1 aliphatic carbocycles. The zero-order chi connectivity index (χ0) is 25.5. The second-order valence-corrected chi connectivity index (χ2v) is 10.8. The first kappa shape index (κ1) is 29.2. The molecule has 3 aromatic rings. The molecular weight excluding hydrogens is 554 g/mol. The lowest BCUT2D eigenvalue weighted by Gasteiger charge is -2.35. The van der Waals surface area contributed by atoms with E-state index in [9.17, 15) is 19.8 Å². The summed E-state index contributed by atoms with van der Waals surface area (Å²) in [6.07, 6.45) is 8.06. The number of phenols is 2. The van der Waals surface area contributed by atoms with Gasteiger partial charge in [0.2, 0.25) is 5.91 Å². The summed E-state index contributed by atoms with van der Waals surface area (Å²) in [5.74, 6) is 0.116. The minimum absolute atomic E-state index is 0. The summed E-state index contributed by atoms with van der Waals surface area (Å²) in [5.41, 5.74) is 4.02. The first-order chi connectivity index (χ1) is 17.4.